The van der Waals surface area contributed by atoms with E-state index in [9.17, 15) is 0 Å². The van der Waals surface area contributed by atoms with E-state index in [0.717, 1.165) is 10.8 Å². The van der Waals surface area contributed by atoms with Crippen molar-refractivity contribution >= 4 is 17.3 Å². The lowest BCUT2D eigenvalue weighted by molar-refractivity contribution is 0.219. The third kappa shape index (κ3) is 3.07. The van der Waals surface area contributed by atoms with Gasteiger partial charge in [0.25, 0.3) is 0 Å². The molecule has 1 aliphatic carbocycles. The smallest absolute Gasteiger partial charge is 0.118 e. The Hall–Kier alpha value is -1.84. The van der Waals surface area contributed by atoms with Gasteiger partial charge in [-0.25, -0.2) is 0 Å². The zero-order chi connectivity index (χ0) is 18.4. The van der Waals surface area contributed by atoms with E-state index in [4.69, 9.17) is 21.3 Å². The quantitative estimate of drug-likeness (QED) is 0.655. The first-order valence-electron chi connectivity index (χ1n) is 10.0. The number of fused-ring (bicyclic) bond motifs is 1. The Morgan fingerprint density at radius 2 is 1.63 bits per heavy atom. The largest absolute Gasteiger partial charge is 0.497 e. The normalized spacial score (nSPS) is 29.9. The highest BCUT2D eigenvalue weighted by molar-refractivity contribution is 6.30. The van der Waals surface area contributed by atoms with Crippen LogP contribution in [0.2, 0.25) is 5.02 Å². The molecule has 2 fully saturated rings. The summed E-state index contributed by atoms with van der Waals surface area (Å²) in [6.07, 6.45) is 7.01. The number of hydrogen-bond acceptors (Lipinski definition) is 3. The average molecular weight is 381 g/mol. The Labute approximate surface area is 166 Å². The molecule has 0 amide bonds. The van der Waals surface area contributed by atoms with Crippen molar-refractivity contribution in [1.29, 1.82) is 0 Å². The molecule has 4 atom stereocenters. The Morgan fingerprint density at radius 1 is 0.926 bits per heavy atom. The van der Waals surface area contributed by atoms with Gasteiger partial charge in [0, 0.05) is 5.02 Å². The molecule has 2 aromatic carbocycles. The molecule has 0 N–H and O–H groups in total. The highest BCUT2D eigenvalue weighted by Crippen LogP contribution is 2.54. The molecular formula is C23H25ClN2O. The molecule has 0 radical (unpaired) electrons. The topological polar surface area (TPSA) is 24.6 Å². The molecule has 3 nitrogen and oxygen atoms in total. The van der Waals surface area contributed by atoms with Crippen LogP contribution < -0.4 is 4.74 Å². The Balaban J connectivity index is 1.47. The third-order valence-corrected chi connectivity index (χ3v) is 6.63. The Bertz CT molecular complexity index is 840. The summed E-state index contributed by atoms with van der Waals surface area (Å²) in [6, 6.07) is 17.6. The number of rotatable bonds is 4. The van der Waals surface area contributed by atoms with E-state index >= 15 is 0 Å². The second-order valence-corrected chi connectivity index (χ2v) is 8.38. The first-order valence-corrected chi connectivity index (χ1v) is 10.4. The first kappa shape index (κ1) is 17.3. The summed E-state index contributed by atoms with van der Waals surface area (Å²) in [7, 11) is 1.72. The first-order chi connectivity index (χ1) is 13.3. The third-order valence-electron chi connectivity index (χ3n) is 6.38. The van der Waals surface area contributed by atoms with Gasteiger partial charge in [0.05, 0.1) is 24.9 Å². The van der Waals surface area contributed by atoms with Gasteiger partial charge in [-0.1, -0.05) is 55.1 Å². The molecule has 140 valence electrons. The van der Waals surface area contributed by atoms with Crippen molar-refractivity contribution in [3.8, 4) is 5.75 Å². The molecule has 1 saturated carbocycles. The predicted molar refractivity (Wildman–Crippen MR) is 110 cm³/mol. The van der Waals surface area contributed by atoms with E-state index in [1.807, 2.05) is 12.1 Å². The molecule has 1 saturated heterocycles. The van der Waals surface area contributed by atoms with Crippen molar-refractivity contribution in [2.75, 3.05) is 7.11 Å². The minimum absolute atomic E-state index is 0.327. The van der Waals surface area contributed by atoms with Gasteiger partial charge < -0.3 is 4.74 Å². The summed E-state index contributed by atoms with van der Waals surface area (Å²) < 4.78 is 5.33. The standard InChI is InChI=1S/C23H25ClN2O/c1-27-19-13-9-16(10-14-19)21-22-20(15-7-11-18(24)12-8-15)25-23(26(21)22)17-5-3-2-4-6-17/h7-14,17,21-23H,2-6H2,1H3/t21-,22+,23+,26?/m0/s1. The molecule has 2 aliphatic heterocycles. The zero-order valence-electron chi connectivity index (χ0n) is 15.6. The van der Waals surface area contributed by atoms with Gasteiger partial charge in [-0.3, -0.25) is 9.89 Å². The summed E-state index contributed by atoms with van der Waals surface area (Å²) in [6.45, 7) is 0. The fraction of sp³-hybridized carbons (Fsp3) is 0.435. The van der Waals surface area contributed by atoms with Crippen LogP contribution in [-0.4, -0.2) is 29.9 Å². The van der Waals surface area contributed by atoms with Crippen LogP contribution in [0.15, 0.2) is 53.5 Å². The van der Waals surface area contributed by atoms with E-state index in [1.54, 1.807) is 7.11 Å². The van der Waals surface area contributed by atoms with E-state index in [2.05, 4.69) is 41.3 Å². The maximum Gasteiger partial charge on any atom is 0.118 e. The van der Waals surface area contributed by atoms with Crippen LogP contribution in [0, 0.1) is 5.92 Å². The summed E-state index contributed by atoms with van der Waals surface area (Å²) in [4.78, 5) is 7.85. The summed E-state index contributed by atoms with van der Waals surface area (Å²) in [5.74, 6) is 1.60. The molecule has 2 aromatic rings. The van der Waals surface area contributed by atoms with Crippen molar-refractivity contribution in [2.24, 2.45) is 10.9 Å². The van der Waals surface area contributed by atoms with Crippen LogP contribution in [0.4, 0.5) is 0 Å². The molecule has 1 unspecified atom stereocenters. The maximum absolute atomic E-state index is 6.11. The molecule has 4 heteroatoms. The Kier molecular flexibility index (Phi) is 4.45. The number of aliphatic imine (C=N–C) groups is 1. The summed E-state index contributed by atoms with van der Waals surface area (Å²) in [5.41, 5.74) is 3.81. The van der Waals surface area contributed by atoms with Gasteiger partial charge in [-0.05, 0) is 54.2 Å². The van der Waals surface area contributed by atoms with Crippen molar-refractivity contribution in [1.82, 2.24) is 4.90 Å². The number of nitrogens with zero attached hydrogens (tertiary/aromatic N) is 2. The fourth-order valence-corrected chi connectivity index (χ4v) is 5.08. The molecule has 5 rings (SSSR count). The average Bonchev–Trinajstić information content (AvgIpc) is 3.33. The van der Waals surface area contributed by atoms with Crippen LogP contribution >= 0.6 is 11.6 Å². The molecule has 0 bridgehead atoms. The van der Waals surface area contributed by atoms with Gasteiger partial charge in [0.2, 0.25) is 0 Å². The second-order valence-electron chi connectivity index (χ2n) is 7.94. The van der Waals surface area contributed by atoms with Crippen LogP contribution in [0.3, 0.4) is 0 Å². The highest BCUT2D eigenvalue weighted by atomic mass is 35.5. The molecule has 0 spiro atoms. The van der Waals surface area contributed by atoms with Gasteiger partial charge >= 0.3 is 0 Å². The SMILES string of the molecule is COc1ccc([C@H]2[C@H]3C(c4ccc(Cl)cc4)=N[C@@H](C4CCCCC4)N32)cc1. The van der Waals surface area contributed by atoms with E-state index in [1.165, 1.54) is 48.9 Å². The van der Waals surface area contributed by atoms with Crippen molar-refractivity contribution in [2.45, 2.75) is 50.4 Å². The maximum atomic E-state index is 6.11. The molecule has 2 heterocycles. The van der Waals surface area contributed by atoms with Gasteiger partial charge in [0.1, 0.15) is 11.9 Å². The van der Waals surface area contributed by atoms with E-state index in [-0.39, 0.29) is 0 Å². The lowest BCUT2D eigenvalue weighted by atomic mass is 9.87. The number of methoxy groups -OCH3 is 1. The molecule has 3 aliphatic rings. The van der Waals surface area contributed by atoms with Crippen LogP contribution in [0.1, 0.15) is 49.3 Å². The van der Waals surface area contributed by atoms with Crippen molar-refractivity contribution < 1.29 is 4.74 Å². The van der Waals surface area contributed by atoms with E-state index in [0.29, 0.717) is 24.2 Å². The summed E-state index contributed by atoms with van der Waals surface area (Å²) in [5, 5.41) is 0.778. The lowest BCUT2D eigenvalue weighted by Crippen LogP contribution is -2.27. The van der Waals surface area contributed by atoms with E-state index < -0.39 is 0 Å². The van der Waals surface area contributed by atoms with Crippen LogP contribution in [-0.2, 0) is 0 Å². The van der Waals surface area contributed by atoms with Gasteiger partial charge in [-0.15, -0.1) is 0 Å². The number of ether oxygens (including phenoxy) is 1. The number of hydrogen-bond donors (Lipinski definition) is 0. The molecule has 0 aromatic heterocycles. The second kappa shape index (κ2) is 6.96. The predicted octanol–water partition coefficient (Wildman–Crippen LogP) is 5.48. The lowest BCUT2D eigenvalue weighted by Gasteiger charge is -2.28. The number of benzene rings is 2. The van der Waals surface area contributed by atoms with Crippen LogP contribution in [0.25, 0.3) is 0 Å². The fourth-order valence-electron chi connectivity index (χ4n) is 4.96. The van der Waals surface area contributed by atoms with Crippen LogP contribution in [0.5, 0.6) is 5.75 Å². The minimum atomic E-state index is 0.327. The van der Waals surface area contributed by atoms with Gasteiger partial charge in [-0.2, -0.15) is 0 Å². The van der Waals surface area contributed by atoms with Crippen molar-refractivity contribution in [3.63, 3.8) is 0 Å². The van der Waals surface area contributed by atoms with Crippen molar-refractivity contribution in [3.05, 3.63) is 64.7 Å². The summed E-state index contributed by atoms with van der Waals surface area (Å²) >= 11 is 6.11. The highest BCUT2D eigenvalue weighted by Gasteiger charge is 2.60. The zero-order valence-corrected chi connectivity index (χ0v) is 16.4. The molecular weight excluding hydrogens is 356 g/mol. The Morgan fingerprint density at radius 3 is 2.30 bits per heavy atom. The molecule has 27 heavy (non-hydrogen) atoms. The van der Waals surface area contributed by atoms with Gasteiger partial charge in [0.15, 0.2) is 0 Å². The minimum Gasteiger partial charge on any atom is -0.497 e. The number of halogens is 1. The monoisotopic (exact) mass is 380 g/mol.